The molecule has 1 fully saturated rings. The summed E-state index contributed by atoms with van der Waals surface area (Å²) in [6.07, 6.45) is -1.30. The highest BCUT2D eigenvalue weighted by molar-refractivity contribution is 5.70. The molecule has 1 aliphatic rings. The van der Waals surface area contributed by atoms with E-state index < -0.39 is 24.3 Å². The van der Waals surface area contributed by atoms with Crippen molar-refractivity contribution >= 4 is 12.1 Å². The predicted octanol–water partition coefficient (Wildman–Crippen LogP) is 1.50. The van der Waals surface area contributed by atoms with Gasteiger partial charge in [-0.1, -0.05) is 0 Å². The maximum absolute atomic E-state index is 11.7. The average molecular weight is 319 g/mol. The van der Waals surface area contributed by atoms with Crippen LogP contribution in [0, 0.1) is 11.1 Å². The van der Waals surface area contributed by atoms with E-state index in [1.807, 2.05) is 0 Å². The molecule has 22 heavy (non-hydrogen) atoms. The third-order valence-corrected chi connectivity index (χ3v) is 2.85. The smallest absolute Gasteiger partial charge is 0.511 e. The minimum absolute atomic E-state index is 0.0519. The Bertz CT molecular complexity index is 427. The van der Waals surface area contributed by atoms with Crippen molar-refractivity contribution in [2.45, 2.75) is 46.0 Å². The van der Waals surface area contributed by atoms with Gasteiger partial charge in [-0.25, -0.2) is 4.79 Å². The minimum atomic E-state index is -1.11. The van der Waals surface area contributed by atoms with Crippen LogP contribution in [-0.2, 0) is 19.1 Å². The van der Waals surface area contributed by atoms with E-state index in [0.717, 1.165) is 0 Å². The first-order valence-electron chi connectivity index (χ1n) is 6.98. The molecular weight excluding hydrogens is 298 g/mol. The van der Waals surface area contributed by atoms with E-state index in [0.29, 0.717) is 19.4 Å². The third kappa shape index (κ3) is 6.02. The molecule has 0 radical (unpaired) electrons. The Labute approximate surface area is 127 Å². The zero-order chi connectivity index (χ0) is 16.7. The largest absolute Gasteiger partial charge is 0.569 e. The molecule has 1 rings (SSSR count). The second-order valence-corrected chi connectivity index (χ2v) is 5.13. The number of ether oxygens (including phenoxy) is 2. The fraction of sp³-hybridized carbons (Fsp3) is 0.833. The summed E-state index contributed by atoms with van der Waals surface area (Å²) < 4.78 is 9.44. The van der Waals surface area contributed by atoms with Gasteiger partial charge >= 0.3 is 12.1 Å². The quantitative estimate of drug-likeness (QED) is 0.257. The Morgan fingerprint density at radius 3 is 2.64 bits per heavy atom. The summed E-state index contributed by atoms with van der Waals surface area (Å²) >= 11 is 0. The third-order valence-electron chi connectivity index (χ3n) is 2.85. The van der Waals surface area contributed by atoms with Crippen LogP contribution >= 0.6 is 0 Å². The van der Waals surface area contributed by atoms with Crippen LogP contribution < -0.4 is 0 Å². The lowest BCUT2D eigenvalue weighted by Crippen LogP contribution is -2.42. The number of carbonyl (C=O) groups is 2. The number of nitrogens with zero attached hydrogens (tertiary/aromatic N) is 3. The van der Waals surface area contributed by atoms with Crippen molar-refractivity contribution in [2.24, 2.45) is 11.2 Å². The molecular formula is C12H21N3O7. The Hall–Kier alpha value is -2.26. The Balaban J connectivity index is 2.44. The normalized spacial score (nSPS) is 20.5. The number of hydrazine groups is 1. The molecule has 0 aliphatic carbocycles. The predicted molar refractivity (Wildman–Crippen MR) is 71.2 cm³/mol. The molecule has 126 valence electrons. The monoisotopic (exact) mass is 319 g/mol. The van der Waals surface area contributed by atoms with Gasteiger partial charge in [0.1, 0.15) is 0 Å². The van der Waals surface area contributed by atoms with Gasteiger partial charge in [0.25, 0.3) is 6.29 Å². The van der Waals surface area contributed by atoms with Crippen LogP contribution in [0.25, 0.3) is 0 Å². The second-order valence-electron chi connectivity index (χ2n) is 5.13. The summed E-state index contributed by atoms with van der Waals surface area (Å²) in [5, 5.41) is 25.1. The summed E-state index contributed by atoms with van der Waals surface area (Å²) in [5.41, 5.74) is 0. The molecule has 0 spiro atoms. The first-order chi connectivity index (χ1) is 10.3. The van der Waals surface area contributed by atoms with Gasteiger partial charge in [-0.2, -0.15) is 0 Å². The molecule has 1 N–H and O–H groups in total. The van der Waals surface area contributed by atoms with Gasteiger partial charge in [-0.15, -0.1) is 5.01 Å². The van der Waals surface area contributed by atoms with Crippen molar-refractivity contribution in [3.8, 4) is 0 Å². The van der Waals surface area contributed by atoms with Gasteiger partial charge in [-0.05, 0) is 26.7 Å². The maximum atomic E-state index is 11.7. The highest BCUT2D eigenvalue weighted by Gasteiger charge is 2.30. The molecule has 1 heterocycles. The number of carboxylic acid groups (broad SMARTS) is 1. The summed E-state index contributed by atoms with van der Waals surface area (Å²) in [5.74, 6) is -1.57. The number of carboxylic acids is 1. The lowest BCUT2D eigenvalue weighted by Gasteiger charge is -2.26. The molecule has 0 saturated carbocycles. The van der Waals surface area contributed by atoms with Crippen molar-refractivity contribution < 1.29 is 34.0 Å². The van der Waals surface area contributed by atoms with Crippen molar-refractivity contribution in [1.29, 1.82) is 0 Å². The van der Waals surface area contributed by atoms with E-state index in [-0.39, 0.29) is 17.6 Å². The van der Waals surface area contributed by atoms with Crippen molar-refractivity contribution in [3.63, 3.8) is 0 Å². The van der Waals surface area contributed by atoms with Crippen molar-refractivity contribution in [3.05, 3.63) is 5.21 Å². The molecule has 1 saturated heterocycles. The molecule has 0 aromatic carbocycles. The minimum Gasteiger partial charge on any atom is -0.569 e. The van der Waals surface area contributed by atoms with E-state index in [9.17, 15) is 14.8 Å². The van der Waals surface area contributed by atoms with E-state index in [1.165, 1.54) is 11.9 Å². The molecule has 0 bridgehead atoms. The molecule has 0 aromatic heterocycles. The van der Waals surface area contributed by atoms with E-state index >= 15 is 0 Å². The van der Waals surface area contributed by atoms with Gasteiger partial charge < -0.3 is 19.8 Å². The summed E-state index contributed by atoms with van der Waals surface area (Å²) in [4.78, 5) is 27.0. The highest BCUT2D eigenvalue weighted by Crippen LogP contribution is 2.16. The number of rotatable bonds is 6. The summed E-state index contributed by atoms with van der Waals surface area (Å²) in [6.45, 7) is 5.12. The molecule has 2 atom stereocenters. The SMILES string of the molecule is CC(C)OC(=O)OC(C)O/N=[N+](\[O-])N1CCCC(C(=O)O)C1. The van der Waals surface area contributed by atoms with Crippen LogP contribution in [0.4, 0.5) is 4.79 Å². The molecule has 0 amide bonds. The molecule has 10 heteroatoms. The van der Waals surface area contributed by atoms with Crippen molar-refractivity contribution in [2.75, 3.05) is 13.1 Å². The van der Waals surface area contributed by atoms with E-state index in [1.54, 1.807) is 13.8 Å². The van der Waals surface area contributed by atoms with Gasteiger partial charge in [-0.3, -0.25) is 9.63 Å². The van der Waals surface area contributed by atoms with E-state index in [2.05, 4.69) is 5.28 Å². The lowest BCUT2D eigenvalue weighted by molar-refractivity contribution is -0.715. The first kappa shape index (κ1) is 17.8. The van der Waals surface area contributed by atoms with Crippen molar-refractivity contribution in [1.82, 2.24) is 5.01 Å². The van der Waals surface area contributed by atoms with Crippen LogP contribution in [-0.4, -0.2) is 52.7 Å². The zero-order valence-electron chi connectivity index (χ0n) is 12.8. The highest BCUT2D eigenvalue weighted by atomic mass is 16.8. The number of aliphatic carboxylic acids is 1. The molecule has 2 unspecified atom stereocenters. The number of piperidine rings is 1. The molecule has 10 nitrogen and oxygen atoms in total. The fourth-order valence-electron chi connectivity index (χ4n) is 1.85. The van der Waals surface area contributed by atoms with Crippen LogP contribution in [0.2, 0.25) is 0 Å². The van der Waals surface area contributed by atoms with Crippen LogP contribution in [0.5, 0.6) is 0 Å². The van der Waals surface area contributed by atoms with Crippen LogP contribution in [0.3, 0.4) is 0 Å². The van der Waals surface area contributed by atoms with Gasteiger partial charge in [0.2, 0.25) is 5.28 Å². The van der Waals surface area contributed by atoms with E-state index in [4.69, 9.17) is 19.4 Å². The molecule has 1 aliphatic heterocycles. The number of hydrogen-bond acceptors (Lipinski definition) is 7. The average Bonchev–Trinajstić information content (AvgIpc) is 2.43. The Kier molecular flexibility index (Phi) is 6.67. The maximum Gasteiger partial charge on any atom is 0.511 e. The lowest BCUT2D eigenvalue weighted by atomic mass is 10.00. The second kappa shape index (κ2) is 8.25. The standard InChI is InChI=1S/C12H21N3O7/c1-8(2)20-12(18)21-9(3)22-13-15(19)14-6-4-5-10(7-14)11(16)17/h8-10H,4-7H2,1-3H3,(H,16,17)/b15-13-. The number of hydrogen-bond donors (Lipinski definition) is 1. The topological polar surface area (TPSA) is 124 Å². The van der Waals surface area contributed by atoms with Gasteiger partial charge in [0, 0.05) is 6.92 Å². The van der Waals surface area contributed by atoms with Crippen LogP contribution in [0.15, 0.2) is 5.28 Å². The molecule has 0 aromatic rings. The van der Waals surface area contributed by atoms with Crippen LogP contribution in [0.1, 0.15) is 33.6 Å². The first-order valence-corrected chi connectivity index (χ1v) is 6.98. The summed E-state index contributed by atoms with van der Waals surface area (Å²) in [7, 11) is 0. The summed E-state index contributed by atoms with van der Waals surface area (Å²) in [6, 6.07) is 0. The van der Waals surface area contributed by atoms with Gasteiger partial charge in [0.15, 0.2) is 0 Å². The Morgan fingerprint density at radius 2 is 2.05 bits per heavy atom. The Morgan fingerprint density at radius 1 is 1.36 bits per heavy atom. The zero-order valence-corrected chi connectivity index (χ0v) is 12.8. The van der Waals surface area contributed by atoms with Gasteiger partial charge in [0.05, 0.1) is 30.1 Å². The fourth-order valence-corrected chi connectivity index (χ4v) is 1.85. The number of carbonyl (C=O) groups excluding carboxylic acids is 1.